The Hall–Kier alpha value is -0.780. The smallest absolute Gasteiger partial charge is 0.355 e. The van der Waals surface area contributed by atoms with Crippen LogP contribution in [0.5, 0.6) is 0 Å². The molecule has 0 bridgehead atoms. The van der Waals surface area contributed by atoms with Gasteiger partial charge in [0.2, 0.25) is 5.91 Å². The second-order valence-corrected chi connectivity index (χ2v) is 4.69. The van der Waals surface area contributed by atoms with Gasteiger partial charge in [0.05, 0.1) is 5.54 Å². The first-order valence-corrected chi connectivity index (χ1v) is 5.94. The number of carbonyl (C=O) groups is 1. The van der Waals surface area contributed by atoms with Crippen molar-refractivity contribution in [1.82, 2.24) is 10.6 Å². The third-order valence-corrected chi connectivity index (χ3v) is 3.04. The fourth-order valence-electron chi connectivity index (χ4n) is 1.94. The van der Waals surface area contributed by atoms with Crippen LogP contribution < -0.4 is 10.6 Å². The van der Waals surface area contributed by atoms with Crippen LogP contribution in [0.2, 0.25) is 0 Å². The van der Waals surface area contributed by atoms with Gasteiger partial charge in [0.1, 0.15) is 0 Å². The Morgan fingerprint density at radius 1 is 1.41 bits per heavy atom. The van der Waals surface area contributed by atoms with E-state index in [1.807, 2.05) is 0 Å². The molecule has 17 heavy (non-hydrogen) atoms. The first-order valence-electron chi connectivity index (χ1n) is 5.94. The van der Waals surface area contributed by atoms with Gasteiger partial charge in [-0.05, 0) is 39.2 Å². The minimum absolute atomic E-state index is 0.0642. The van der Waals surface area contributed by atoms with Crippen LogP contribution in [0.3, 0.4) is 0 Å². The lowest BCUT2D eigenvalue weighted by molar-refractivity contribution is -0.137. The highest BCUT2D eigenvalue weighted by atomic mass is 19.4. The standard InChI is InChI=1S/C11H19F3N2O/c1-10(5-2-3-8-16-10)9(17)15-7-4-6-11(12,13)14/h16H,2-8H2,1H3,(H,15,17). The highest BCUT2D eigenvalue weighted by Crippen LogP contribution is 2.21. The summed E-state index contributed by atoms with van der Waals surface area (Å²) in [5.41, 5.74) is -0.615. The largest absolute Gasteiger partial charge is 0.389 e. The summed E-state index contributed by atoms with van der Waals surface area (Å²) in [4.78, 5) is 11.8. The van der Waals surface area contributed by atoms with Crippen LogP contribution in [0.15, 0.2) is 0 Å². The molecule has 0 aliphatic carbocycles. The topological polar surface area (TPSA) is 41.1 Å². The molecule has 3 nitrogen and oxygen atoms in total. The van der Waals surface area contributed by atoms with Gasteiger partial charge in [0.25, 0.3) is 0 Å². The van der Waals surface area contributed by atoms with Gasteiger partial charge in [-0.25, -0.2) is 0 Å². The van der Waals surface area contributed by atoms with Crippen LogP contribution in [-0.2, 0) is 4.79 Å². The molecule has 1 unspecified atom stereocenters. The molecule has 1 aliphatic rings. The van der Waals surface area contributed by atoms with E-state index in [1.54, 1.807) is 6.92 Å². The number of piperidine rings is 1. The summed E-state index contributed by atoms with van der Waals surface area (Å²) in [5.74, 6) is -0.195. The van der Waals surface area contributed by atoms with Crippen LogP contribution in [-0.4, -0.2) is 30.7 Å². The van der Waals surface area contributed by atoms with E-state index in [0.717, 1.165) is 25.8 Å². The van der Waals surface area contributed by atoms with E-state index in [0.29, 0.717) is 0 Å². The Morgan fingerprint density at radius 3 is 2.65 bits per heavy atom. The van der Waals surface area contributed by atoms with Crippen LogP contribution in [0.1, 0.15) is 39.0 Å². The summed E-state index contributed by atoms with van der Waals surface area (Å²) in [7, 11) is 0. The number of rotatable bonds is 4. The van der Waals surface area contributed by atoms with Crippen molar-refractivity contribution in [2.45, 2.75) is 50.7 Å². The van der Waals surface area contributed by atoms with Gasteiger partial charge in [-0.1, -0.05) is 0 Å². The average Bonchev–Trinajstić information content (AvgIpc) is 2.24. The van der Waals surface area contributed by atoms with Crippen molar-refractivity contribution in [3.8, 4) is 0 Å². The van der Waals surface area contributed by atoms with Gasteiger partial charge >= 0.3 is 6.18 Å². The summed E-state index contributed by atoms with van der Waals surface area (Å²) in [6, 6.07) is 0. The maximum atomic E-state index is 11.9. The molecule has 0 spiro atoms. The molecule has 2 N–H and O–H groups in total. The molecule has 1 aliphatic heterocycles. The number of hydrogen-bond donors (Lipinski definition) is 2. The Morgan fingerprint density at radius 2 is 2.12 bits per heavy atom. The van der Waals surface area contributed by atoms with Crippen LogP contribution >= 0.6 is 0 Å². The van der Waals surface area contributed by atoms with E-state index in [-0.39, 0.29) is 18.9 Å². The Balaban J connectivity index is 2.24. The van der Waals surface area contributed by atoms with E-state index in [4.69, 9.17) is 0 Å². The zero-order valence-corrected chi connectivity index (χ0v) is 9.99. The Labute approximate surface area is 99.1 Å². The summed E-state index contributed by atoms with van der Waals surface area (Å²) >= 11 is 0. The maximum absolute atomic E-state index is 11.9. The highest BCUT2D eigenvalue weighted by Gasteiger charge is 2.34. The summed E-state index contributed by atoms with van der Waals surface area (Å²) in [6.45, 7) is 2.66. The van der Waals surface area contributed by atoms with Gasteiger partial charge in [-0.3, -0.25) is 4.79 Å². The first-order chi connectivity index (χ1) is 7.83. The number of hydrogen-bond acceptors (Lipinski definition) is 2. The Bertz CT molecular complexity index is 260. The van der Waals surface area contributed by atoms with E-state index in [9.17, 15) is 18.0 Å². The van der Waals surface area contributed by atoms with Gasteiger partial charge in [0, 0.05) is 13.0 Å². The van der Waals surface area contributed by atoms with Crippen molar-refractivity contribution >= 4 is 5.91 Å². The van der Waals surface area contributed by atoms with E-state index < -0.39 is 18.1 Å². The van der Waals surface area contributed by atoms with E-state index in [2.05, 4.69) is 10.6 Å². The fourth-order valence-corrected chi connectivity index (χ4v) is 1.94. The van der Waals surface area contributed by atoms with Crippen LogP contribution in [0.4, 0.5) is 13.2 Å². The number of alkyl halides is 3. The quantitative estimate of drug-likeness (QED) is 0.751. The molecular weight excluding hydrogens is 233 g/mol. The zero-order chi connectivity index (χ0) is 12.9. The van der Waals surface area contributed by atoms with Crippen molar-refractivity contribution < 1.29 is 18.0 Å². The third kappa shape index (κ3) is 4.93. The molecular formula is C11H19F3N2O. The molecule has 1 saturated heterocycles. The normalized spacial score (nSPS) is 25.6. The number of amides is 1. The van der Waals surface area contributed by atoms with Gasteiger partial charge in [-0.15, -0.1) is 0 Å². The molecule has 0 saturated carbocycles. The summed E-state index contributed by atoms with van der Waals surface area (Å²) in [6.07, 6.45) is -2.31. The average molecular weight is 252 g/mol. The van der Waals surface area contributed by atoms with Crippen molar-refractivity contribution in [3.05, 3.63) is 0 Å². The molecule has 1 atom stereocenters. The summed E-state index contributed by atoms with van der Waals surface area (Å²) in [5, 5.41) is 5.68. The fraction of sp³-hybridized carbons (Fsp3) is 0.909. The van der Waals surface area contributed by atoms with Crippen LogP contribution in [0.25, 0.3) is 0 Å². The molecule has 1 heterocycles. The summed E-state index contributed by atoms with van der Waals surface area (Å²) < 4.78 is 35.7. The maximum Gasteiger partial charge on any atom is 0.389 e. The third-order valence-electron chi connectivity index (χ3n) is 3.04. The van der Waals surface area contributed by atoms with Crippen molar-refractivity contribution in [2.75, 3.05) is 13.1 Å². The zero-order valence-electron chi connectivity index (χ0n) is 9.99. The molecule has 1 fully saturated rings. The molecule has 6 heteroatoms. The van der Waals surface area contributed by atoms with Crippen molar-refractivity contribution in [2.24, 2.45) is 0 Å². The SMILES string of the molecule is CC1(C(=O)NCCCC(F)(F)F)CCCCN1. The second kappa shape index (κ2) is 5.71. The lowest BCUT2D eigenvalue weighted by atomic mass is 9.90. The highest BCUT2D eigenvalue weighted by molar-refractivity contribution is 5.85. The predicted octanol–water partition coefficient (Wildman–Crippen LogP) is 1.98. The van der Waals surface area contributed by atoms with Crippen LogP contribution in [0, 0.1) is 0 Å². The minimum Gasteiger partial charge on any atom is -0.355 e. The second-order valence-electron chi connectivity index (χ2n) is 4.69. The van der Waals surface area contributed by atoms with E-state index in [1.165, 1.54) is 0 Å². The van der Waals surface area contributed by atoms with Gasteiger partial charge < -0.3 is 10.6 Å². The first kappa shape index (κ1) is 14.3. The number of nitrogens with one attached hydrogen (secondary N) is 2. The molecule has 100 valence electrons. The monoisotopic (exact) mass is 252 g/mol. The Kier molecular flexibility index (Phi) is 4.80. The van der Waals surface area contributed by atoms with Crippen molar-refractivity contribution in [1.29, 1.82) is 0 Å². The van der Waals surface area contributed by atoms with Gasteiger partial charge in [0.15, 0.2) is 0 Å². The molecule has 0 aromatic carbocycles. The van der Waals surface area contributed by atoms with E-state index >= 15 is 0 Å². The number of halogens is 3. The van der Waals surface area contributed by atoms with Crippen molar-refractivity contribution in [3.63, 3.8) is 0 Å². The number of carbonyl (C=O) groups excluding carboxylic acids is 1. The van der Waals surface area contributed by atoms with Gasteiger partial charge in [-0.2, -0.15) is 13.2 Å². The molecule has 0 aromatic rings. The lowest BCUT2D eigenvalue weighted by Crippen LogP contribution is -2.57. The molecule has 0 radical (unpaired) electrons. The molecule has 1 amide bonds. The molecule has 1 rings (SSSR count). The minimum atomic E-state index is -4.14. The predicted molar refractivity (Wildman–Crippen MR) is 58.6 cm³/mol. The lowest BCUT2D eigenvalue weighted by Gasteiger charge is -2.33. The molecule has 0 aromatic heterocycles.